The normalized spacial score (nSPS) is 18.5. The molecule has 0 saturated carbocycles. The highest BCUT2D eigenvalue weighted by atomic mass is 32.2. The Balaban J connectivity index is 1.69. The second kappa shape index (κ2) is 7.69. The lowest BCUT2D eigenvalue weighted by Crippen LogP contribution is -2.41. The monoisotopic (exact) mass is 369 g/mol. The summed E-state index contributed by atoms with van der Waals surface area (Å²) in [5.74, 6) is 0.382. The van der Waals surface area contributed by atoms with Crippen LogP contribution in [0.25, 0.3) is 0 Å². The largest absolute Gasteiger partial charge is 0.490 e. The van der Waals surface area contributed by atoms with Gasteiger partial charge in [0, 0.05) is 33.1 Å². The first-order valence-corrected chi connectivity index (χ1v) is 9.80. The summed E-state index contributed by atoms with van der Waals surface area (Å²) >= 11 is 0. The molecule has 0 atom stereocenters. The maximum absolute atomic E-state index is 12.5. The molecule has 9 heteroatoms. The van der Waals surface area contributed by atoms with Crippen LogP contribution in [-0.4, -0.2) is 71.8 Å². The minimum absolute atomic E-state index is 0.130. The van der Waals surface area contributed by atoms with Gasteiger partial charge in [-0.05, 0) is 18.2 Å². The van der Waals surface area contributed by atoms with Crippen LogP contribution in [0.5, 0.6) is 5.75 Å². The van der Waals surface area contributed by atoms with Gasteiger partial charge in [-0.15, -0.1) is 0 Å². The lowest BCUT2D eigenvalue weighted by molar-refractivity contribution is -0.116. The van der Waals surface area contributed by atoms with Crippen LogP contribution in [0.3, 0.4) is 0 Å². The Kier molecular flexibility index (Phi) is 5.57. The molecular weight excluding hydrogens is 346 g/mol. The zero-order chi connectivity index (χ0) is 17.9. The highest BCUT2D eigenvalue weighted by Gasteiger charge is 2.24. The van der Waals surface area contributed by atoms with Gasteiger partial charge in [-0.1, -0.05) is 0 Å². The second-order valence-electron chi connectivity index (χ2n) is 6.00. The number of anilines is 1. The fourth-order valence-electron chi connectivity index (χ4n) is 2.94. The third-order valence-corrected chi connectivity index (χ3v) is 5.77. The molecule has 8 nitrogen and oxygen atoms in total. The van der Waals surface area contributed by atoms with E-state index in [0.29, 0.717) is 50.9 Å². The summed E-state index contributed by atoms with van der Waals surface area (Å²) in [4.78, 5) is 15.6. The first-order chi connectivity index (χ1) is 12.0. The van der Waals surface area contributed by atoms with E-state index in [0.717, 1.165) is 13.1 Å². The predicted molar refractivity (Wildman–Crippen MR) is 92.4 cm³/mol. The van der Waals surface area contributed by atoms with E-state index in [1.807, 2.05) is 0 Å². The van der Waals surface area contributed by atoms with Crippen molar-refractivity contribution in [3.8, 4) is 5.75 Å². The molecule has 1 amide bonds. The lowest BCUT2D eigenvalue weighted by atomic mass is 10.2. The van der Waals surface area contributed by atoms with Crippen molar-refractivity contribution in [3.63, 3.8) is 0 Å². The van der Waals surface area contributed by atoms with Crippen LogP contribution in [0.4, 0.5) is 5.69 Å². The molecule has 2 aliphatic heterocycles. The number of fused-ring (bicyclic) bond motifs is 1. The average molecular weight is 369 g/mol. The Morgan fingerprint density at radius 2 is 1.96 bits per heavy atom. The van der Waals surface area contributed by atoms with E-state index in [1.54, 1.807) is 6.07 Å². The molecule has 138 valence electrons. The van der Waals surface area contributed by atoms with Crippen molar-refractivity contribution in [2.75, 3.05) is 57.4 Å². The van der Waals surface area contributed by atoms with Crippen molar-refractivity contribution in [1.29, 1.82) is 0 Å². The molecular formula is C16H23N3O5S. The van der Waals surface area contributed by atoms with E-state index in [-0.39, 0.29) is 10.8 Å². The van der Waals surface area contributed by atoms with Crippen molar-refractivity contribution in [1.82, 2.24) is 9.62 Å². The number of hydrogen-bond acceptors (Lipinski definition) is 6. The second-order valence-corrected chi connectivity index (χ2v) is 7.77. The Morgan fingerprint density at radius 3 is 2.68 bits per heavy atom. The number of nitrogens with zero attached hydrogens (tertiary/aromatic N) is 2. The topological polar surface area (TPSA) is 88.2 Å². The first kappa shape index (κ1) is 18.1. The van der Waals surface area contributed by atoms with Gasteiger partial charge in [0.1, 0.15) is 12.4 Å². The summed E-state index contributed by atoms with van der Waals surface area (Å²) in [7, 11) is -3.65. The highest BCUT2D eigenvalue weighted by molar-refractivity contribution is 7.89. The molecule has 0 aliphatic carbocycles. The molecule has 0 radical (unpaired) electrons. The smallest absolute Gasteiger partial charge is 0.240 e. The summed E-state index contributed by atoms with van der Waals surface area (Å²) in [6, 6.07) is 4.59. The van der Waals surface area contributed by atoms with Gasteiger partial charge in [-0.3, -0.25) is 9.69 Å². The zero-order valence-electron chi connectivity index (χ0n) is 14.2. The van der Waals surface area contributed by atoms with Crippen LogP contribution >= 0.6 is 0 Å². The van der Waals surface area contributed by atoms with E-state index in [1.165, 1.54) is 24.0 Å². The van der Waals surface area contributed by atoms with E-state index < -0.39 is 10.0 Å². The number of ether oxygens (including phenoxy) is 2. The molecule has 1 fully saturated rings. The van der Waals surface area contributed by atoms with Crippen molar-refractivity contribution in [2.24, 2.45) is 0 Å². The van der Waals surface area contributed by atoms with Crippen molar-refractivity contribution in [3.05, 3.63) is 18.2 Å². The average Bonchev–Trinajstić information content (AvgIpc) is 2.61. The van der Waals surface area contributed by atoms with Gasteiger partial charge in [0.05, 0.1) is 30.3 Å². The van der Waals surface area contributed by atoms with Crippen LogP contribution in [0, 0.1) is 0 Å². The molecule has 0 unspecified atom stereocenters. The Morgan fingerprint density at radius 1 is 1.20 bits per heavy atom. The summed E-state index contributed by atoms with van der Waals surface area (Å²) in [6.45, 7) is 6.21. The van der Waals surface area contributed by atoms with Crippen LogP contribution in [0.2, 0.25) is 0 Å². The molecule has 1 saturated heterocycles. The number of amides is 1. The quantitative estimate of drug-likeness (QED) is 0.789. The molecule has 0 bridgehead atoms. The van der Waals surface area contributed by atoms with E-state index in [2.05, 4.69) is 9.62 Å². The first-order valence-electron chi connectivity index (χ1n) is 8.32. The van der Waals surface area contributed by atoms with Gasteiger partial charge in [0.15, 0.2) is 0 Å². The number of carbonyl (C=O) groups excluding carboxylic acids is 1. The fourth-order valence-corrected chi connectivity index (χ4v) is 3.98. The predicted octanol–water partition coefficient (Wildman–Crippen LogP) is 0.0424. The van der Waals surface area contributed by atoms with Crippen molar-refractivity contribution in [2.45, 2.75) is 11.8 Å². The molecule has 25 heavy (non-hydrogen) atoms. The third-order valence-electron chi connectivity index (χ3n) is 4.31. The Bertz CT molecular complexity index is 731. The highest BCUT2D eigenvalue weighted by Crippen LogP contribution is 2.33. The van der Waals surface area contributed by atoms with Crippen LogP contribution < -0.4 is 14.4 Å². The molecule has 0 aromatic heterocycles. The van der Waals surface area contributed by atoms with Gasteiger partial charge in [0.2, 0.25) is 15.9 Å². The van der Waals surface area contributed by atoms with Gasteiger partial charge in [-0.2, -0.15) is 0 Å². The van der Waals surface area contributed by atoms with Gasteiger partial charge in [0.25, 0.3) is 0 Å². The van der Waals surface area contributed by atoms with Crippen LogP contribution in [0.15, 0.2) is 23.1 Å². The number of hydrogen-bond donors (Lipinski definition) is 1. The van der Waals surface area contributed by atoms with E-state index >= 15 is 0 Å². The zero-order valence-corrected chi connectivity index (χ0v) is 15.0. The molecule has 1 aromatic rings. The minimum atomic E-state index is -3.65. The minimum Gasteiger partial charge on any atom is -0.490 e. The van der Waals surface area contributed by atoms with Crippen LogP contribution in [0.1, 0.15) is 6.92 Å². The maximum Gasteiger partial charge on any atom is 0.240 e. The van der Waals surface area contributed by atoms with Gasteiger partial charge in [-0.25, -0.2) is 13.1 Å². The lowest BCUT2D eigenvalue weighted by Gasteiger charge is -2.29. The number of carbonyl (C=O) groups is 1. The number of sulfonamides is 1. The molecule has 1 aromatic carbocycles. The standard InChI is InChI=1S/C16H23N3O5S/c1-13(20)19-8-11-24-16-3-2-14(12-15(16)19)25(21,22)17-4-5-18-6-9-23-10-7-18/h2-3,12,17H,4-11H2,1H3. The molecule has 0 spiro atoms. The Labute approximate surface area is 147 Å². The number of morpholine rings is 1. The molecule has 2 heterocycles. The SMILES string of the molecule is CC(=O)N1CCOc2ccc(S(=O)(=O)NCCN3CCOCC3)cc21. The van der Waals surface area contributed by atoms with Gasteiger partial charge < -0.3 is 14.4 Å². The van der Waals surface area contributed by atoms with E-state index in [9.17, 15) is 13.2 Å². The summed E-state index contributed by atoms with van der Waals surface area (Å²) in [6.07, 6.45) is 0. The number of benzene rings is 1. The molecule has 2 aliphatic rings. The summed E-state index contributed by atoms with van der Waals surface area (Å²) < 4.78 is 38.5. The third kappa shape index (κ3) is 4.30. The van der Waals surface area contributed by atoms with Crippen molar-refractivity contribution >= 4 is 21.6 Å². The summed E-state index contributed by atoms with van der Waals surface area (Å²) in [5.41, 5.74) is 0.495. The summed E-state index contributed by atoms with van der Waals surface area (Å²) in [5, 5.41) is 0. The molecule has 3 rings (SSSR count). The number of rotatable bonds is 5. The molecule has 1 N–H and O–H groups in total. The van der Waals surface area contributed by atoms with Crippen molar-refractivity contribution < 1.29 is 22.7 Å². The van der Waals surface area contributed by atoms with Crippen LogP contribution in [-0.2, 0) is 19.6 Å². The van der Waals surface area contributed by atoms with Gasteiger partial charge >= 0.3 is 0 Å². The maximum atomic E-state index is 12.5. The fraction of sp³-hybridized carbons (Fsp3) is 0.562. The number of nitrogens with one attached hydrogen (secondary N) is 1. The Hall–Kier alpha value is -1.68. The van der Waals surface area contributed by atoms with E-state index in [4.69, 9.17) is 9.47 Å².